The van der Waals surface area contributed by atoms with Crippen LogP contribution in [0.1, 0.15) is 40.4 Å². The molecule has 1 fully saturated rings. The van der Waals surface area contributed by atoms with Crippen molar-refractivity contribution in [1.29, 1.82) is 0 Å². The second-order valence-electron chi connectivity index (χ2n) is 7.47. The lowest BCUT2D eigenvalue weighted by Crippen LogP contribution is -2.35. The molecule has 2 aromatic heterocycles. The van der Waals surface area contributed by atoms with Gasteiger partial charge in [-0.2, -0.15) is 0 Å². The summed E-state index contributed by atoms with van der Waals surface area (Å²) in [6, 6.07) is 7.33. The molecule has 5 rings (SSSR count). The van der Waals surface area contributed by atoms with Crippen LogP contribution in [0.3, 0.4) is 0 Å². The van der Waals surface area contributed by atoms with Crippen LogP contribution in [-0.2, 0) is 17.8 Å². The van der Waals surface area contributed by atoms with E-state index in [4.69, 9.17) is 9.15 Å². The van der Waals surface area contributed by atoms with Gasteiger partial charge in [0.25, 0.3) is 5.91 Å². The zero-order chi connectivity index (χ0) is 20.0. The summed E-state index contributed by atoms with van der Waals surface area (Å²) in [6.45, 7) is 1.04. The predicted molar refractivity (Wildman–Crippen MR) is 109 cm³/mol. The molecule has 2 amide bonds. The van der Waals surface area contributed by atoms with Crippen LogP contribution in [0.25, 0.3) is 11.0 Å². The van der Waals surface area contributed by atoms with Crippen LogP contribution in [0.4, 0.5) is 5.13 Å². The number of fused-ring (bicyclic) bond motifs is 2. The van der Waals surface area contributed by atoms with E-state index >= 15 is 0 Å². The molecule has 0 atom stereocenters. The molecule has 29 heavy (non-hydrogen) atoms. The number of nitrogens with zero attached hydrogens (tertiary/aromatic N) is 2. The summed E-state index contributed by atoms with van der Waals surface area (Å²) < 4.78 is 11.1. The Hall–Kier alpha value is -2.87. The average Bonchev–Trinajstić information content (AvgIpc) is 3.28. The number of amides is 2. The van der Waals surface area contributed by atoms with Crippen molar-refractivity contribution in [3.63, 3.8) is 0 Å². The summed E-state index contributed by atoms with van der Waals surface area (Å²) in [5, 5.41) is 4.41. The zero-order valence-corrected chi connectivity index (χ0v) is 16.9. The van der Waals surface area contributed by atoms with Crippen LogP contribution in [0, 0.1) is 5.92 Å². The molecule has 0 saturated heterocycles. The number of aromatic nitrogens is 1. The van der Waals surface area contributed by atoms with Crippen molar-refractivity contribution in [2.45, 2.75) is 32.2 Å². The highest BCUT2D eigenvalue weighted by Crippen LogP contribution is 2.33. The molecule has 0 radical (unpaired) electrons. The number of anilines is 1. The summed E-state index contributed by atoms with van der Waals surface area (Å²) in [4.78, 5) is 32.5. The van der Waals surface area contributed by atoms with E-state index in [-0.39, 0.29) is 17.7 Å². The summed E-state index contributed by atoms with van der Waals surface area (Å²) in [5.41, 5.74) is 1.55. The molecule has 0 spiro atoms. The fraction of sp³-hybridized carbons (Fsp3) is 0.381. The standard InChI is InChI=1S/C21H21N3O4S/c1-27-15-7-3-6-13-10-16(28-18(13)15)20(26)24-9-8-14-17(11-24)29-21(22-14)23-19(25)12-4-2-5-12/h3,6-7,10,12H,2,4-5,8-9,11H2,1H3,(H,22,23,25). The normalized spacial score (nSPS) is 16.4. The van der Waals surface area contributed by atoms with Crippen molar-refractivity contribution in [3.8, 4) is 5.75 Å². The Morgan fingerprint density at radius 1 is 1.34 bits per heavy atom. The quantitative estimate of drug-likeness (QED) is 0.705. The number of hydrogen-bond donors (Lipinski definition) is 1. The van der Waals surface area contributed by atoms with Crippen LogP contribution in [-0.4, -0.2) is 35.4 Å². The largest absolute Gasteiger partial charge is 0.493 e. The highest BCUT2D eigenvalue weighted by molar-refractivity contribution is 7.15. The fourth-order valence-corrected chi connectivity index (χ4v) is 4.79. The summed E-state index contributed by atoms with van der Waals surface area (Å²) in [6.07, 6.45) is 3.71. The Bertz CT molecular complexity index is 1100. The van der Waals surface area contributed by atoms with Crippen LogP contribution in [0.15, 0.2) is 28.7 Å². The molecule has 0 unspecified atom stereocenters. The lowest BCUT2D eigenvalue weighted by atomic mass is 9.85. The lowest BCUT2D eigenvalue weighted by Gasteiger charge is -2.25. The van der Waals surface area contributed by atoms with Gasteiger partial charge in [0.15, 0.2) is 22.2 Å². The lowest BCUT2D eigenvalue weighted by molar-refractivity contribution is -0.122. The molecule has 1 N–H and O–H groups in total. The average molecular weight is 411 g/mol. The summed E-state index contributed by atoms with van der Waals surface area (Å²) >= 11 is 1.46. The second kappa shape index (κ2) is 7.18. The first kappa shape index (κ1) is 18.2. The van der Waals surface area contributed by atoms with Gasteiger partial charge >= 0.3 is 0 Å². The third-order valence-corrected chi connectivity index (χ3v) is 6.66. The molecule has 0 bridgehead atoms. The fourth-order valence-electron chi connectivity index (χ4n) is 3.76. The number of carbonyl (C=O) groups excluding carboxylic acids is 2. The highest BCUT2D eigenvalue weighted by atomic mass is 32.1. The number of hydrogen-bond acceptors (Lipinski definition) is 6. The SMILES string of the molecule is COc1cccc2cc(C(=O)N3CCc4nc(NC(=O)C5CCC5)sc4C3)oc12. The third kappa shape index (κ3) is 3.27. The molecule has 3 heterocycles. The predicted octanol–water partition coefficient (Wildman–Crippen LogP) is 3.84. The molecule has 1 aliphatic heterocycles. The van der Waals surface area contributed by atoms with E-state index in [0.717, 1.165) is 35.2 Å². The number of para-hydroxylation sites is 1. The molecule has 1 aliphatic carbocycles. The van der Waals surface area contributed by atoms with Gasteiger partial charge in [0, 0.05) is 29.1 Å². The van der Waals surface area contributed by atoms with E-state index in [9.17, 15) is 9.59 Å². The van der Waals surface area contributed by atoms with Crippen LogP contribution >= 0.6 is 11.3 Å². The zero-order valence-electron chi connectivity index (χ0n) is 16.1. The number of furan rings is 1. The molecular formula is C21H21N3O4S. The number of carbonyl (C=O) groups is 2. The van der Waals surface area contributed by atoms with E-state index in [1.54, 1.807) is 18.1 Å². The maximum Gasteiger partial charge on any atom is 0.289 e. The molecule has 7 nitrogen and oxygen atoms in total. The van der Waals surface area contributed by atoms with Gasteiger partial charge in [-0.15, -0.1) is 0 Å². The minimum atomic E-state index is -0.151. The Morgan fingerprint density at radius 3 is 2.97 bits per heavy atom. The molecular weight excluding hydrogens is 390 g/mol. The van der Waals surface area contributed by atoms with Gasteiger partial charge < -0.3 is 19.4 Å². The van der Waals surface area contributed by atoms with Crippen LogP contribution in [0.2, 0.25) is 0 Å². The summed E-state index contributed by atoms with van der Waals surface area (Å²) in [7, 11) is 1.58. The Morgan fingerprint density at radius 2 is 2.21 bits per heavy atom. The van der Waals surface area contributed by atoms with E-state index in [0.29, 0.717) is 41.7 Å². The third-order valence-electron chi connectivity index (χ3n) is 5.66. The van der Waals surface area contributed by atoms with Crippen molar-refractivity contribution >= 4 is 39.3 Å². The van der Waals surface area contributed by atoms with E-state index in [1.807, 2.05) is 18.2 Å². The Balaban J connectivity index is 1.32. The maximum absolute atomic E-state index is 13.0. The molecule has 150 valence electrons. The minimum Gasteiger partial charge on any atom is -0.493 e. The molecule has 1 aromatic carbocycles. The van der Waals surface area contributed by atoms with Gasteiger partial charge in [0.2, 0.25) is 5.91 Å². The van der Waals surface area contributed by atoms with Gasteiger partial charge in [0.05, 0.1) is 19.3 Å². The van der Waals surface area contributed by atoms with E-state index in [1.165, 1.54) is 11.3 Å². The first-order valence-electron chi connectivity index (χ1n) is 9.77. The Labute approximate surface area is 171 Å². The minimum absolute atomic E-state index is 0.0616. The number of ether oxygens (including phenoxy) is 1. The number of benzene rings is 1. The summed E-state index contributed by atoms with van der Waals surface area (Å²) in [5.74, 6) is 0.945. The van der Waals surface area contributed by atoms with Crippen molar-refractivity contribution in [2.24, 2.45) is 5.92 Å². The van der Waals surface area contributed by atoms with E-state index < -0.39 is 0 Å². The number of methoxy groups -OCH3 is 1. The van der Waals surface area contributed by atoms with Gasteiger partial charge in [-0.3, -0.25) is 9.59 Å². The molecule has 8 heteroatoms. The second-order valence-corrected chi connectivity index (χ2v) is 8.56. The monoisotopic (exact) mass is 411 g/mol. The highest BCUT2D eigenvalue weighted by Gasteiger charge is 2.29. The van der Waals surface area contributed by atoms with Crippen molar-refractivity contribution in [1.82, 2.24) is 9.88 Å². The number of thiazole rings is 1. The van der Waals surface area contributed by atoms with E-state index in [2.05, 4.69) is 10.3 Å². The van der Waals surface area contributed by atoms with Crippen molar-refractivity contribution < 1.29 is 18.7 Å². The van der Waals surface area contributed by atoms with Crippen molar-refractivity contribution in [2.75, 3.05) is 19.0 Å². The Kier molecular flexibility index (Phi) is 4.50. The van der Waals surface area contributed by atoms with Gasteiger partial charge in [-0.25, -0.2) is 4.98 Å². The first-order valence-corrected chi connectivity index (χ1v) is 10.6. The van der Waals surface area contributed by atoms with Crippen LogP contribution in [0.5, 0.6) is 5.75 Å². The number of rotatable bonds is 4. The smallest absolute Gasteiger partial charge is 0.289 e. The maximum atomic E-state index is 13.0. The molecule has 1 saturated carbocycles. The molecule has 2 aliphatic rings. The topological polar surface area (TPSA) is 84.7 Å². The first-order chi connectivity index (χ1) is 14.1. The van der Waals surface area contributed by atoms with Gasteiger partial charge in [0.1, 0.15) is 0 Å². The van der Waals surface area contributed by atoms with Gasteiger partial charge in [-0.1, -0.05) is 29.9 Å². The molecule has 3 aromatic rings. The van der Waals surface area contributed by atoms with Gasteiger partial charge in [-0.05, 0) is 25.0 Å². The number of nitrogens with one attached hydrogen (secondary N) is 1. The van der Waals surface area contributed by atoms with Crippen LogP contribution < -0.4 is 10.1 Å². The van der Waals surface area contributed by atoms with Crippen molar-refractivity contribution in [3.05, 3.63) is 40.6 Å².